The Morgan fingerprint density at radius 1 is 1.17 bits per heavy atom. The summed E-state index contributed by atoms with van der Waals surface area (Å²) in [7, 11) is 3.05. The number of hydrogen-bond acceptors (Lipinski definition) is 6. The molecule has 0 fully saturated rings. The molecular formula is C21H18FN3O5. The van der Waals surface area contributed by atoms with Crippen LogP contribution < -0.4 is 24.3 Å². The lowest BCUT2D eigenvalue weighted by Crippen LogP contribution is -2.25. The van der Waals surface area contributed by atoms with E-state index < -0.39 is 5.92 Å². The van der Waals surface area contributed by atoms with E-state index in [0.29, 0.717) is 45.8 Å². The summed E-state index contributed by atoms with van der Waals surface area (Å²) in [6.07, 6.45) is 1.78. The first-order valence-electron chi connectivity index (χ1n) is 9.28. The van der Waals surface area contributed by atoms with Crippen LogP contribution in [-0.4, -0.2) is 36.5 Å². The first-order chi connectivity index (χ1) is 14.6. The number of ether oxygens (including phenoxy) is 4. The van der Waals surface area contributed by atoms with Crippen LogP contribution in [0.15, 0.2) is 36.7 Å². The number of aromatic nitrogens is 2. The highest BCUT2D eigenvalue weighted by molar-refractivity contribution is 5.94. The number of fused-ring (bicyclic) bond motifs is 2. The Kier molecular flexibility index (Phi) is 4.23. The number of rotatable bonds is 4. The summed E-state index contributed by atoms with van der Waals surface area (Å²) in [5.74, 6) is 1.48. The summed E-state index contributed by atoms with van der Waals surface area (Å²) >= 11 is 0. The molecule has 0 saturated heterocycles. The molecule has 0 saturated carbocycles. The number of amides is 1. The van der Waals surface area contributed by atoms with E-state index in [-0.39, 0.29) is 24.9 Å². The predicted octanol–water partition coefficient (Wildman–Crippen LogP) is 3.23. The third-order valence-corrected chi connectivity index (χ3v) is 5.26. The number of carbonyl (C=O) groups is 1. The third-order valence-electron chi connectivity index (χ3n) is 5.26. The quantitative estimate of drug-likeness (QED) is 0.710. The van der Waals surface area contributed by atoms with E-state index in [1.807, 2.05) is 0 Å². The molecule has 0 spiro atoms. The zero-order chi connectivity index (χ0) is 20.8. The summed E-state index contributed by atoms with van der Waals surface area (Å²) in [6.45, 7) is 0.0773. The number of nitrogens with zero attached hydrogens (tertiary/aromatic N) is 2. The molecule has 2 aliphatic heterocycles. The maximum atomic E-state index is 13.3. The van der Waals surface area contributed by atoms with E-state index in [9.17, 15) is 9.18 Å². The Bertz CT molecular complexity index is 1140. The Labute approximate surface area is 171 Å². The maximum Gasteiger partial charge on any atom is 0.231 e. The van der Waals surface area contributed by atoms with Crippen molar-refractivity contribution in [1.82, 2.24) is 9.55 Å². The average molecular weight is 411 g/mol. The standard InChI is InChI=1S/C21H18FN3O5/c1-27-18-14(7-15-19(20(18)28-2)30-10-29-15)13-8-16(26)24-21-17(13)23-9-25(21)12-5-3-11(22)4-6-12/h3-7,9,13H,8,10H2,1-2H3,(H,24,26)/t13-/m1/s1. The number of imidazole rings is 1. The molecule has 154 valence electrons. The number of benzene rings is 2. The van der Waals surface area contributed by atoms with Gasteiger partial charge in [-0.3, -0.25) is 9.36 Å². The SMILES string of the molecule is COc1c([C@H]2CC(=O)Nc3c2ncn3-c2ccc(F)cc2)cc2c(c1OC)OCO2. The van der Waals surface area contributed by atoms with Crippen molar-refractivity contribution in [1.29, 1.82) is 0 Å². The van der Waals surface area contributed by atoms with Crippen molar-refractivity contribution in [3.8, 4) is 28.7 Å². The van der Waals surface area contributed by atoms with Crippen LogP contribution in [-0.2, 0) is 4.79 Å². The molecule has 0 aliphatic carbocycles. The fourth-order valence-electron chi connectivity index (χ4n) is 3.93. The summed E-state index contributed by atoms with van der Waals surface area (Å²) in [5, 5.41) is 2.88. The lowest BCUT2D eigenvalue weighted by Gasteiger charge is -2.25. The van der Waals surface area contributed by atoms with Gasteiger partial charge < -0.3 is 24.3 Å². The fourth-order valence-corrected chi connectivity index (χ4v) is 3.93. The molecule has 1 amide bonds. The first kappa shape index (κ1) is 18.3. The van der Waals surface area contributed by atoms with Crippen molar-refractivity contribution in [2.75, 3.05) is 26.3 Å². The van der Waals surface area contributed by atoms with Crippen molar-refractivity contribution in [3.05, 3.63) is 53.7 Å². The molecule has 5 rings (SSSR count). The average Bonchev–Trinajstić information content (AvgIpc) is 3.39. The minimum absolute atomic E-state index is 0.0773. The van der Waals surface area contributed by atoms with E-state index in [1.165, 1.54) is 26.4 Å². The van der Waals surface area contributed by atoms with E-state index >= 15 is 0 Å². The van der Waals surface area contributed by atoms with Crippen molar-refractivity contribution < 1.29 is 28.1 Å². The highest BCUT2D eigenvalue weighted by Gasteiger charge is 2.36. The smallest absolute Gasteiger partial charge is 0.231 e. The highest BCUT2D eigenvalue weighted by atomic mass is 19.1. The van der Waals surface area contributed by atoms with Gasteiger partial charge in [0.25, 0.3) is 0 Å². The van der Waals surface area contributed by atoms with E-state index in [0.717, 1.165) is 0 Å². The number of hydrogen-bond donors (Lipinski definition) is 1. The molecular weight excluding hydrogens is 393 g/mol. The Balaban J connectivity index is 1.66. The van der Waals surface area contributed by atoms with Crippen LogP contribution in [0.5, 0.6) is 23.0 Å². The predicted molar refractivity (Wildman–Crippen MR) is 104 cm³/mol. The normalized spacial score (nSPS) is 16.8. The van der Waals surface area contributed by atoms with E-state index in [1.54, 1.807) is 29.1 Å². The number of carbonyl (C=O) groups excluding carboxylic acids is 1. The van der Waals surface area contributed by atoms with Crippen molar-refractivity contribution >= 4 is 11.7 Å². The molecule has 3 aromatic rings. The molecule has 0 bridgehead atoms. The van der Waals surface area contributed by atoms with Gasteiger partial charge in [-0.2, -0.15) is 0 Å². The van der Waals surface area contributed by atoms with Gasteiger partial charge >= 0.3 is 0 Å². The van der Waals surface area contributed by atoms with Gasteiger partial charge in [0.2, 0.25) is 24.2 Å². The van der Waals surface area contributed by atoms with Gasteiger partial charge in [0.05, 0.1) is 19.9 Å². The molecule has 0 unspecified atom stereocenters. The highest BCUT2D eigenvalue weighted by Crippen LogP contribution is 2.53. The number of halogens is 1. The Hall–Kier alpha value is -3.75. The Morgan fingerprint density at radius 2 is 1.93 bits per heavy atom. The number of anilines is 1. The lowest BCUT2D eigenvalue weighted by atomic mass is 9.88. The number of nitrogens with one attached hydrogen (secondary N) is 1. The summed E-state index contributed by atoms with van der Waals surface area (Å²) in [6, 6.07) is 7.76. The third kappa shape index (κ3) is 2.73. The fraction of sp³-hybridized carbons (Fsp3) is 0.238. The minimum Gasteiger partial charge on any atom is -0.492 e. The lowest BCUT2D eigenvalue weighted by molar-refractivity contribution is -0.116. The van der Waals surface area contributed by atoms with Crippen LogP contribution in [0, 0.1) is 5.82 Å². The maximum absolute atomic E-state index is 13.3. The second-order valence-corrected chi connectivity index (χ2v) is 6.90. The zero-order valence-corrected chi connectivity index (χ0v) is 16.3. The van der Waals surface area contributed by atoms with Gasteiger partial charge in [-0.15, -0.1) is 0 Å². The summed E-state index contributed by atoms with van der Waals surface area (Å²) < 4.78 is 37.3. The van der Waals surface area contributed by atoms with E-state index in [4.69, 9.17) is 18.9 Å². The molecule has 9 heteroatoms. The second-order valence-electron chi connectivity index (χ2n) is 6.90. The Morgan fingerprint density at radius 3 is 2.67 bits per heavy atom. The summed E-state index contributed by atoms with van der Waals surface area (Å²) in [4.78, 5) is 17.2. The molecule has 3 heterocycles. The molecule has 2 aliphatic rings. The van der Waals surface area contributed by atoms with Gasteiger partial charge in [-0.05, 0) is 30.3 Å². The monoisotopic (exact) mass is 411 g/mol. The molecule has 1 atom stereocenters. The van der Waals surface area contributed by atoms with Crippen molar-refractivity contribution in [2.24, 2.45) is 0 Å². The van der Waals surface area contributed by atoms with Gasteiger partial charge in [0.1, 0.15) is 18.0 Å². The largest absolute Gasteiger partial charge is 0.492 e. The van der Waals surface area contributed by atoms with Crippen LogP contribution in [0.25, 0.3) is 5.69 Å². The zero-order valence-electron chi connectivity index (χ0n) is 16.3. The molecule has 0 radical (unpaired) electrons. The van der Waals surface area contributed by atoms with Crippen molar-refractivity contribution in [2.45, 2.75) is 12.3 Å². The first-order valence-corrected chi connectivity index (χ1v) is 9.28. The molecule has 30 heavy (non-hydrogen) atoms. The van der Waals surface area contributed by atoms with E-state index in [2.05, 4.69) is 10.3 Å². The van der Waals surface area contributed by atoms with Crippen LogP contribution >= 0.6 is 0 Å². The van der Waals surface area contributed by atoms with Gasteiger partial charge in [-0.1, -0.05) is 0 Å². The van der Waals surface area contributed by atoms with Gasteiger partial charge in [0.15, 0.2) is 11.5 Å². The van der Waals surface area contributed by atoms with Crippen LogP contribution in [0.1, 0.15) is 23.6 Å². The van der Waals surface area contributed by atoms with Crippen molar-refractivity contribution in [3.63, 3.8) is 0 Å². The molecule has 1 aromatic heterocycles. The molecule has 2 aromatic carbocycles. The van der Waals surface area contributed by atoms with Crippen LogP contribution in [0.2, 0.25) is 0 Å². The second kappa shape index (κ2) is 6.94. The molecule has 8 nitrogen and oxygen atoms in total. The number of methoxy groups -OCH3 is 2. The minimum atomic E-state index is -0.395. The molecule has 1 N–H and O–H groups in total. The summed E-state index contributed by atoms with van der Waals surface area (Å²) in [5.41, 5.74) is 2.05. The van der Waals surface area contributed by atoms with Gasteiger partial charge in [-0.25, -0.2) is 9.37 Å². The van der Waals surface area contributed by atoms with Crippen LogP contribution in [0.4, 0.5) is 10.2 Å². The van der Waals surface area contributed by atoms with Crippen LogP contribution in [0.3, 0.4) is 0 Å². The van der Waals surface area contributed by atoms with Gasteiger partial charge in [0, 0.05) is 23.6 Å². The topological polar surface area (TPSA) is 83.8 Å².